The summed E-state index contributed by atoms with van der Waals surface area (Å²) in [5, 5.41) is 10.0. The molecule has 2 aliphatic heterocycles. The molecule has 0 N–H and O–H groups in total. The van der Waals surface area contributed by atoms with E-state index in [-0.39, 0.29) is 6.09 Å². The van der Waals surface area contributed by atoms with Crippen LogP contribution in [0.1, 0.15) is 29.5 Å². The molecular formula is C22H22ClN3O2. The molecule has 4 rings (SSSR count). The van der Waals surface area contributed by atoms with Crippen molar-refractivity contribution in [3.8, 4) is 6.07 Å². The molecule has 5 nitrogen and oxygen atoms in total. The zero-order valence-electron chi connectivity index (χ0n) is 15.6. The second kappa shape index (κ2) is 7.83. The van der Waals surface area contributed by atoms with E-state index in [0.29, 0.717) is 18.7 Å². The summed E-state index contributed by atoms with van der Waals surface area (Å²) >= 11 is 5.96. The fourth-order valence-electron chi connectivity index (χ4n) is 4.01. The van der Waals surface area contributed by atoms with Gasteiger partial charge in [-0.15, -0.1) is 0 Å². The Morgan fingerprint density at radius 3 is 2.50 bits per heavy atom. The van der Waals surface area contributed by atoms with Crippen LogP contribution in [0.3, 0.4) is 0 Å². The van der Waals surface area contributed by atoms with Crippen LogP contribution >= 0.6 is 11.6 Å². The van der Waals surface area contributed by atoms with Crippen molar-refractivity contribution in [1.82, 2.24) is 9.80 Å². The third kappa shape index (κ3) is 3.99. The Labute approximate surface area is 170 Å². The number of carbonyl (C=O) groups excluding carboxylic acids is 1. The maximum Gasteiger partial charge on any atom is 0.410 e. The second-order valence-corrected chi connectivity index (χ2v) is 8.02. The van der Waals surface area contributed by atoms with Gasteiger partial charge in [0.25, 0.3) is 0 Å². The van der Waals surface area contributed by atoms with Crippen LogP contribution < -0.4 is 0 Å². The van der Waals surface area contributed by atoms with Gasteiger partial charge >= 0.3 is 6.09 Å². The summed E-state index contributed by atoms with van der Waals surface area (Å²) in [6.07, 6.45) is 1.37. The van der Waals surface area contributed by atoms with E-state index in [9.17, 15) is 10.1 Å². The van der Waals surface area contributed by atoms with E-state index in [1.165, 1.54) is 5.56 Å². The van der Waals surface area contributed by atoms with Crippen LogP contribution in [0.4, 0.5) is 4.79 Å². The van der Waals surface area contributed by atoms with Crippen LogP contribution in [-0.2, 0) is 17.8 Å². The average molecular weight is 396 g/mol. The van der Waals surface area contributed by atoms with Crippen LogP contribution in [0.2, 0.25) is 5.02 Å². The predicted octanol–water partition coefficient (Wildman–Crippen LogP) is 4.20. The third-order valence-electron chi connectivity index (χ3n) is 5.63. The topological polar surface area (TPSA) is 56.6 Å². The van der Waals surface area contributed by atoms with Gasteiger partial charge in [-0.05, 0) is 29.3 Å². The van der Waals surface area contributed by atoms with Gasteiger partial charge in [-0.3, -0.25) is 9.80 Å². The van der Waals surface area contributed by atoms with Gasteiger partial charge in [0.2, 0.25) is 0 Å². The van der Waals surface area contributed by atoms with E-state index < -0.39 is 5.60 Å². The lowest BCUT2D eigenvalue weighted by Gasteiger charge is -2.37. The Morgan fingerprint density at radius 2 is 1.79 bits per heavy atom. The van der Waals surface area contributed by atoms with E-state index >= 15 is 0 Å². The van der Waals surface area contributed by atoms with Gasteiger partial charge in [-0.25, -0.2) is 4.79 Å². The SMILES string of the molecule is N#Cc1ccccc1CN1CC2(CCN(Cc3ccc(Cl)cc3)CC2)OC1=O. The number of nitriles is 1. The van der Waals surface area contributed by atoms with Crippen LogP contribution in [0.25, 0.3) is 0 Å². The summed E-state index contributed by atoms with van der Waals surface area (Å²) in [6.45, 7) is 3.65. The van der Waals surface area contributed by atoms with Crippen molar-refractivity contribution in [1.29, 1.82) is 5.26 Å². The first-order chi connectivity index (χ1) is 13.6. The molecule has 0 saturated carbocycles. The Balaban J connectivity index is 1.36. The van der Waals surface area contributed by atoms with Gasteiger partial charge in [-0.2, -0.15) is 5.26 Å². The van der Waals surface area contributed by atoms with E-state index in [2.05, 4.69) is 23.1 Å². The van der Waals surface area contributed by atoms with Gasteiger partial charge in [-0.1, -0.05) is 41.9 Å². The molecule has 0 radical (unpaired) electrons. The number of amides is 1. The maximum atomic E-state index is 12.5. The molecule has 1 spiro atoms. The number of piperidine rings is 1. The summed E-state index contributed by atoms with van der Waals surface area (Å²) in [4.78, 5) is 16.6. The Morgan fingerprint density at radius 1 is 1.07 bits per heavy atom. The monoisotopic (exact) mass is 395 g/mol. The Bertz CT molecular complexity index is 899. The van der Waals surface area contributed by atoms with Crippen molar-refractivity contribution < 1.29 is 9.53 Å². The highest BCUT2D eigenvalue weighted by atomic mass is 35.5. The zero-order valence-corrected chi connectivity index (χ0v) is 16.4. The summed E-state index contributed by atoms with van der Waals surface area (Å²) in [5.74, 6) is 0. The quantitative estimate of drug-likeness (QED) is 0.778. The normalized spacial score (nSPS) is 18.9. The van der Waals surface area contributed by atoms with Crippen molar-refractivity contribution >= 4 is 17.7 Å². The molecule has 28 heavy (non-hydrogen) atoms. The highest BCUT2D eigenvalue weighted by molar-refractivity contribution is 6.30. The summed E-state index contributed by atoms with van der Waals surface area (Å²) < 4.78 is 5.82. The highest BCUT2D eigenvalue weighted by Crippen LogP contribution is 2.34. The molecule has 6 heteroatoms. The molecule has 2 aromatic rings. The summed E-state index contributed by atoms with van der Waals surface area (Å²) in [5.41, 5.74) is 2.29. The van der Waals surface area contributed by atoms with E-state index in [1.54, 1.807) is 11.0 Å². The molecule has 2 saturated heterocycles. The van der Waals surface area contributed by atoms with Gasteiger partial charge in [0.15, 0.2) is 0 Å². The maximum absolute atomic E-state index is 12.5. The zero-order chi connectivity index (χ0) is 19.6. The number of nitrogens with zero attached hydrogens (tertiary/aromatic N) is 3. The highest BCUT2D eigenvalue weighted by Gasteiger charge is 2.46. The fraction of sp³-hybridized carbons (Fsp3) is 0.364. The minimum atomic E-state index is -0.408. The van der Waals surface area contributed by atoms with Crippen molar-refractivity contribution in [2.75, 3.05) is 19.6 Å². The molecule has 0 aromatic heterocycles. The van der Waals surface area contributed by atoms with Gasteiger partial charge in [0, 0.05) is 37.5 Å². The molecule has 2 aliphatic rings. The number of hydrogen-bond donors (Lipinski definition) is 0. The molecule has 2 fully saturated rings. The molecule has 144 valence electrons. The summed E-state index contributed by atoms with van der Waals surface area (Å²) in [6, 6.07) is 17.5. The number of ether oxygens (including phenoxy) is 1. The molecule has 1 amide bonds. The molecule has 2 aromatic carbocycles. The first-order valence-electron chi connectivity index (χ1n) is 9.50. The lowest BCUT2D eigenvalue weighted by molar-refractivity contribution is -0.00125. The molecular weight excluding hydrogens is 374 g/mol. The Hall–Kier alpha value is -2.55. The van der Waals surface area contributed by atoms with E-state index in [4.69, 9.17) is 16.3 Å². The van der Waals surface area contributed by atoms with E-state index in [1.807, 2.05) is 30.3 Å². The second-order valence-electron chi connectivity index (χ2n) is 7.58. The summed E-state index contributed by atoms with van der Waals surface area (Å²) in [7, 11) is 0. The first kappa shape index (κ1) is 18.8. The van der Waals surface area contributed by atoms with Crippen LogP contribution in [0.15, 0.2) is 48.5 Å². The smallest absolute Gasteiger partial charge is 0.410 e. The van der Waals surface area contributed by atoms with Crippen molar-refractivity contribution in [2.24, 2.45) is 0 Å². The van der Waals surface area contributed by atoms with Gasteiger partial charge in [0.1, 0.15) is 5.60 Å². The Kier molecular flexibility index (Phi) is 5.25. The predicted molar refractivity (Wildman–Crippen MR) is 107 cm³/mol. The average Bonchev–Trinajstić information content (AvgIpc) is 3.01. The first-order valence-corrected chi connectivity index (χ1v) is 9.87. The lowest BCUT2D eigenvalue weighted by atomic mass is 9.91. The number of hydrogen-bond acceptors (Lipinski definition) is 4. The lowest BCUT2D eigenvalue weighted by Crippen LogP contribution is -2.46. The number of halogens is 1. The minimum Gasteiger partial charge on any atom is -0.441 e. The molecule has 0 bridgehead atoms. The van der Waals surface area contributed by atoms with Crippen LogP contribution in [0, 0.1) is 11.3 Å². The number of benzene rings is 2. The number of likely N-dealkylation sites (tertiary alicyclic amines) is 1. The standard InChI is InChI=1S/C22H22ClN3O2/c23-20-7-5-17(6-8-20)14-25-11-9-22(10-12-25)16-26(21(27)28-22)15-19-4-2-1-3-18(19)13-24/h1-8H,9-12,14-16H2. The minimum absolute atomic E-state index is 0.279. The fourth-order valence-corrected chi connectivity index (χ4v) is 4.14. The molecule has 0 aliphatic carbocycles. The number of rotatable bonds is 4. The van der Waals surface area contributed by atoms with Crippen LogP contribution in [-0.4, -0.2) is 41.1 Å². The van der Waals surface area contributed by atoms with Crippen molar-refractivity contribution in [3.63, 3.8) is 0 Å². The number of carbonyl (C=O) groups is 1. The third-order valence-corrected chi connectivity index (χ3v) is 5.88. The molecule has 0 unspecified atom stereocenters. The van der Waals surface area contributed by atoms with Crippen molar-refractivity contribution in [2.45, 2.75) is 31.5 Å². The largest absolute Gasteiger partial charge is 0.441 e. The molecule has 2 heterocycles. The molecule has 0 atom stereocenters. The van der Waals surface area contributed by atoms with Crippen molar-refractivity contribution in [3.05, 3.63) is 70.2 Å². The van der Waals surface area contributed by atoms with Crippen LogP contribution in [0.5, 0.6) is 0 Å². The van der Waals surface area contributed by atoms with Gasteiger partial charge < -0.3 is 4.74 Å². The van der Waals surface area contributed by atoms with Gasteiger partial charge in [0.05, 0.1) is 24.7 Å². The van der Waals surface area contributed by atoms with E-state index in [0.717, 1.165) is 43.1 Å².